The summed E-state index contributed by atoms with van der Waals surface area (Å²) < 4.78 is 4.13. The Balaban J connectivity index is 2.42. The number of nitrogens with one attached hydrogen (secondary N) is 1. The molecule has 0 saturated heterocycles. The molecular formula is C14H20N4S. The average Bonchev–Trinajstić information content (AvgIpc) is 2.85. The van der Waals surface area contributed by atoms with Gasteiger partial charge in [-0.05, 0) is 42.0 Å². The Morgan fingerprint density at radius 2 is 2.11 bits per heavy atom. The summed E-state index contributed by atoms with van der Waals surface area (Å²) in [6, 6.07) is 2.30. The van der Waals surface area contributed by atoms with E-state index >= 15 is 0 Å². The number of nitrogens with zero attached hydrogens (tertiary/aromatic N) is 3. The molecule has 0 aliphatic heterocycles. The van der Waals surface area contributed by atoms with Crippen LogP contribution in [0.15, 0.2) is 18.5 Å². The van der Waals surface area contributed by atoms with Crippen molar-refractivity contribution < 1.29 is 0 Å². The molecule has 4 nitrogen and oxygen atoms in total. The standard InChI is InChI=1S/C14H20N4S/c1-5-16-13(11-6-10(4)7-15-8-11)14-12(9(2)3)17-18-19-14/h6-9,13,16H,5H2,1-4H3. The van der Waals surface area contributed by atoms with Crippen molar-refractivity contribution in [1.82, 2.24) is 19.9 Å². The number of pyridine rings is 1. The Labute approximate surface area is 118 Å². The van der Waals surface area contributed by atoms with E-state index in [4.69, 9.17) is 0 Å². The van der Waals surface area contributed by atoms with Gasteiger partial charge in [0.15, 0.2) is 0 Å². The molecule has 2 heterocycles. The van der Waals surface area contributed by atoms with Crippen LogP contribution in [0.2, 0.25) is 0 Å². The molecule has 0 aromatic carbocycles. The maximum atomic E-state index is 4.30. The minimum atomic E-state index is 0.134. The first-order chi connectivity index (χ1) is 9.13. The summed E-state index contributed by atoms with van der Waals surface area (Å²) in [6.45, 7) is 9.37. The Kier molecular flexibility index (Phi) is 4.61. The van der Waals surface area contributed by atoms with Gasteiger partial charge >= 0.3 is 0 Å². The van der Waals surface area contributed by atoms with E-state index in [1.165, 1.54) is 27.5 Å². The van der Waals surface area contributed by atoms with Crippen molar-refractivity contribution in [3.05, 3.63) is 40.2 Å². The molecule has 0 aliphatic rings. The van der Waals surface area contributed by atoms with Crippen LogP contribution in [0.5, 0.6) is 0 Å². The van der Waals surface area contributed by atoms with Gasteiger partial charge in [0.05, 0.1) is 16.6 Å². The highest BCUT2D eigenvalue weighted by molar-refractivity contribution is 7.05. The molecule has 19 heavy (non-hydrogen) atoms. The molecule has 1 N–H and O–H groups in total. The zero-order valence-electron chi connectivity index (χ0n) is 11.8. The molecule has 1 atom stereocenters. The Bertz CT molecular complexity index is 536. The number of aromatic nitrogens is 3. The van der Waals surface area contributed by atoms with Gasteiger partial charge in [-0.15, -0.1) is 5.10 Å². The van der Waals surface area contributed by atoms with Crippen LogP contribution in [0, 0.1) is 6.92 Å². The van der Waals surface area contributed by atoms with Crippen LogP contribution in [-0.4, -0.2) is 21.1 Å². The summed E-state index contributed by atoms with van der Waals surface area (Å²) in [5.74, 6) is 0.382. The minimum absolute atomic E-state index is 0.134. The van der Waals surface area contributed by atoms with Gasteiger partial charge in [0.25, 0.3) is 0 Å². The van der Waals surface area contributed by atoms with Crippen molar-refractivity contribution in [2.75, 3.05) is 6.54 Å². The minimum Gasteiger partial charge on any atom is -0.306 e. The Morgan fingerprint density at radius 3 is 2.74 bits per heavy atom. The molecule has 0 bridgehead atoms. The maximum Gasteiger partial charge on any atom is 0.0832 e. The van der Waals surface area contributed by atoms with Gasteiger partial charge in [0.1, 0.15) is 0 Å². The van der Waals surface area contributed by atoms with E-state index in [0.717, 1.165) is 12.2 Å². The van der Waals surface area contributed by atoms with Gasteiger partial charge < -0.3 is 5.32 Å². The van der Waals surface area contributed by atoms with E-state index in [1.807, 2.05) is 12.4 Å². The molecule has 0 saturated carbocycles. The lowest BCUT2D eigenvalue weighted by molar-refractivity contribution is 0.623. The highest BCUT2D eigenvalue weighted by atomic mass is 32.1. The summed E-state index contributed by atoms with van der Waals surface area (Å²) in [5, 5.41) is 7.79. The maximum absolute atomic E-state index is 4.30. The van der Waals surface area contributed by atoms with Gasteiger partial charge in [-0.25, -0.2) is 0 Å². The molecule has 2 rings (SSSR count). The molecule has 0 radical (unpaired) electrons. The van der Waals surface area contributed by atoms with Gasteiger partial charge in [-0.3, -0.25) is 4.98 Å². The second-order valence-corrected chi connectivity index (χ2v) is 5.75. The fourth-order valence-corrected chi connectivity index (χ4v) is 3.02. The van der Waals surface area contributed by atoms with Crippen LogP contribution in [0.4, 0.5) is 0 Å². The molecular weight excluding hydrogens is 256 g/mol. The van der Waals surface area contributed by atoms with Crippen molar-refractivity contribution in [3.8, 4) is 0 Å². The number of aryl methyl sites for hydroxylation is 1. The first kappa shape index (κ1) is 14.1. The van der Waals surface area contributed by atoms with Gasteiger partial charge in [-0.1, -0.05) is 31.3 Å². The van der Waals surface area contributed by atoms with Crippen LogP contribution in [-0.2, 0) is 0 Å². The molecule has 5 heteroatoms. The first-order valence-electron chi connectivity index (χ1n) is 6.60. The van der Waals surface area contributed by atoms with Crippen LogP contribution in [0.25, 0.3) is 0 Å². The monoisotopic (exact) mass is 276 g/mol. The van der Waals surface area contributed by atoms with E-state index < -0.39 is 0 Å². The third kappa shape index (κ3) is 3.16. The lowest BCUT2D eigenvalue weighted by Gasteiger charge is -2.18. The Hall–Kier alpha value is -1.33. The van der Waals surface area contributed by atoms with Crippen molar-refractivity contribution >= 4 is 11.5 Å². The van der Waals surface area contributed by atoms with Crippen molar-refractivity contribution in [2.24, 2.45) is 0 Å². The molecule has 0 spiro atoms. The fraction of sp³-hybridized carbons (Fsp3) is 0.500. The van der Waals surface area contributed by atoms with Crippen molar-refractivity contribution in [1.29, 1.82) is 0 Å². The van der Waals surface area contributed by atoms with Gasteiger partial charge in [0.2, 0.25) is 0 Å². The Morgan fingerprint density at radius 1 is 1.32 bits per heavy atom. The molecule has 0 amide bonds. The summed E-state index contributed by atoms with van der Waals surface area (Å²) >= 11 is 1.48. The van der Waals surface area contributed by atoms with Crippen molar-refractivity contribution in [2.45, 2.75) is 39.7 Å². The third-order valence-corrected chi connectivity index (χ3v) is 3.79. The second-order valence-electron chi connectivity index (χ2n) is 4.96. The summed E-state index contributed by atoms with van der Waals surface area (Å²) in [4.78, 5) is 5.49. The zero-order valence-corrected chi connectivity index (χ0v) is 12.7. The van der Waals surface area contributed by atoms with Gasteiger partial charge in [-0.2, -0.15) is 0 Å². The lowest BCUT2D eigenvalue weighted by Crippen LogP contribution is -2.22. The van der Waals surface area contributed by atoms with E-state index in [9.17, 15) is 0 Å². The molecule has 2 aromatic rings. The largest absolute Gasteiger partial charge is 0.306 e. The number of hydrogen-bond acceptors (Lipinski definition) is 5. The zero-order chi connectivity index (χ0) is 13.8. The second kappa shape index (κ2) is 6.21. The topological polar surface area (TPSA) is 50.7 Å². The van der Waals surface area contributed by atoms with E-state index in [-0.39, 0.29) is 6.04 Å². The molecule has 2 aromatic heterocycles. The molecule has 102 valence electrons. The SMILES string of the molecule is CCNC(c1cncc(C)c1)c1snnc1C(C)C. The summed E-state index contributed by atoms with van der Waals surface area (Å²) in [6.07, 6.45) is 3.80. The summed E-state index contributed by atoms with van der Waals surface area (Å²) in [7, 11) is 0. The highest BCUT2D eigenvalue weighted by Gasteiger charge is 2.22. The predicted molar refractivity (Wildman–Crippen MR) is 78.5 cm³/mol. The van der Waals surface area contributed by atoms with Crippen LogP contribution >= 0.6 is 11.5 Å². The lowest BCUT2D eigenvalue weighted by atomic mass is 10.0. The predicted octanol–water partition coefficient (Wildman–Crippen LogP) is 3.06. The van der Waals surface area contributed by atoms with E-state index in [2.05, 4.69) is 53.6 Å². The highest BCUT2D eigenvalue weighted by Crippen LogP contribution is 2.30. The van der Waals surface area contributed by atoms with Crippen LogP contribution < -0.4 is 5.32 Å². The normalized spacial score (nSPS) is 12.9. The third-order valence-electron chi connectivity index (χ3n) is 2.99. The average molecular weight is 276 g/mol. The molecule has 1 unspecified atom stereocenters. The van der Waals surface area contributed by atoms with Crippen molar-refractivity contribution in [3.63, 3.8) is 0 Å². The van der Waals surface area contributed by atoms with Gasteiger partial charge in [0, 0.05) is 12.4 Å². The summed E-state index contributed by atoms with van der Waals surface area (Å²) in [5.41, 5.74) is 3.43. The quantitative estimate of drug-likeness (QED) is 0.912. The van der Waals surface area contributed by atoms with E-state index in [0.29, 0.717) is 5.92 Å². The van der Waals surface area contributed by atoms with Crippen LogP contribution in [0.1, 0.15) is 54.4 Å². The first-order valence-corrected chi connectivity index (χ1v) is 7.37. The molecule has 0 fully saturated rings. The fourth-order valence-electron chi connectivity index (χ4n) is 2.11. The smallest absolute Gasteiger partial charge is 0.0832 e. The number of rotatable bonds is 5. The van der Waals surface area contributed by atoms with Crippen LogP contribution in [0.3, 0.4) is 0 Å². The van der Waals surface area contributed by atoms with E-state index in [1.54, 1.807) is 0 Å². The number of hydrogen-bond donors (Lipinski definition) is 1. The molecule has 0 aliphatic carbocycles.